The van der Waals surface area contributed by atoms with Gasteiger partial charge in [-0.15, -0.1) is 11.3 Å². The maximum Gasteiger partial charge on any atom is 0.265 e. The lowest BCUT2D eigenvalue weighted by Crippen LogP contribution is -2.39. The number of amides is 1. The van der Waals surface area contributed by atoms with Crippen LogP contribution in [0.3, 0.4) is 0 Å². The molecule has 7 heteroatoms. The Morgan fingerprint density at radius 1 is 1.31 bits per heavy atom. The van der Waals surface area contributed by atoms with Crippen LogP contribution in [0.25, 0.3) is 10.2 Å². The number of aromatic nitrogens is 2. The van der Waals surface area contributed by atoms with Crippen molar-refractivity contribution >= 4 is 39.0 Å². The van der Waals surface area contributed by atoms with E-state index >= 15 is 0 Å². The number of para-hydroxylation sites is 2. The standard InChI is InChI=1S/C19H20N4O2S/c1-2-13-10-14-18(21-12-22-19(14)26-13)20-8-5-9-23-15-6-3-4-7-16(15)25-11-17(23)24/h3-4,6-7,10,12H,2,5,8-9,11H2,1H3,(H,20,21,22). The average molecular weight is 368 g/mol. The predicted molar refractivity (Wildman–Crippen MR) is 104 cm³/mol. The van der Waals surface area contributed by atoms with Crippen molar-refractivity contribution in [2.24, 2.45) is 0 Å². The lowest BCUT2D eigenvalue weighted by atomic mass is 10.2. The molecule has 0 aliphatic carbocycles. The van der Waals surface area contributed by atoms with E-state index in [1.807, 2.05) is 24.3 Å². The molecule has 0 unspecified atom stereocenters. The van der Waals surface area contributed by atoms with Crippen LogP contribution < -0.4 is 15.0 Å². The van der Waals surface area contributed by atoms with Crippen LogP contribution in [0.4, 0.5) is 11.5 Å². The topological polar surface area (TPSA) is 67.4 Å². The van der Waals surface area contributed by atoms with E-state index in [1.165, 1.54) is 4.88 Å². The minimum Gasteiger partial charge on any atom is -0.482 e. The largest absolute Gasteiger partial charge is 0.482 e. The van der Waals surface area contributed by atoms with Crippen molar-refractivity contribution in [3.63, 3.8) is 0 Å². The smallest absolute Gasteiger partial charge is 0.265 e. The number of thiophene rings is 1. The second-order valence-corrected chi connectivity index (χ2v) is 7.20. The first-order valence-corrected chi connectivity index (χ1v) is 9.57. The lowest BCUT2D eigenvalue weighted by molar-refractivity contribution is -0.121. The fourth-order valence-corrected chi connectivity index (χ4v) is 4.00. The van der Waals surface area contributed by atoms with Gasteiger partial charge in [-0.25, -0.2) is 9.97 Å². The number of anilines is 2. The Bertz CT molecular complexity index is 940. The number of hydrogen-bond acceptors (Lipinski definition) is 6. The van der Waals surface area contributed by atoms with Gasteiger partial charge in [-0.2, -0.15) is 0 Å². The van der Waals surface area contributed by atoms with Crippen molar-refractivity contribution in [2.75, 3.05) is 29.9 Å². The summed E-state index contributed by atoms with van der Waals surface area (Å²) in [6, 6.07) is 9.81. The first kappa shape index (κ1) is 16.8. The Hall–Kier alpha value is -2.67. The molecule has 0 saturated heterocycles. The summed E-state index contributed by atoms with van der Waals surface area (Å²) in [5.74, 6) is 1.63. The summed E-state index contributed by atoms with van der Waals surface area (Å²) >= 11 is 1.71. The average Bonchev–Trinajstić information content (AvgIpc) is 3.10. The third kappa shape index (κ3) is 3.22. The summed E-state index contributed by atoms with van der Waals surface area (Å²) < 4.78 is 5.48. The highest BCUT2D eigenvalue weighted by Crippen LogP contribution is 2.31. The zero-order valence-electron chi connectivity index (χ0n) is 14.6. The van der Waals surface area contributed by atoms with E-state index in [9.17, 15) is 4.79 Å². The minimum atomic E-state index is -0.00134. The number of nitrogens with one attached hydrogen (secondary N) is 1. The van der Waals surface area contributed by atoms with Crippen molar-refractivity contribution in [1.29, 1.82) is 0 Å². The van der Waals surface area contributed by atoms with Crippen LogP contribution in [0.15, 0.2) is 36.7 Å². The van der Waals surface area contributed by atoms with Crippen LogP contribution in [0, 0.1) is 0 Å². The van der Waals surface area contributed by atoms with Gasteiger partial charge >= 0.3 is 0 Å². The normalized spacial score (nSPS) is 13.6. The van der Waals surface area contributed by atoms with Crippen molar-refractivity contribution in [3.8, 4) is 5.75 Å². The number of fused-ring (bicyclic) bond motifs is 2. The molecular formula is C19H20N4O2S. The molecule has 1 N–H and O–H groups in total. The molecule has 0 fully saturated rings. The number of nitrogens with zero attached hydrogens (tertiary/aromatic N) is 3. The van der Waals surface area contributed by atoms with E-state index in [0.717, 1.165) is 46.9 Å². The van der Waals surface area contributed by atoms with Crippen LogP contribution in [0.2, 0.25) is 0 Å². The van der Waals surface area contributed by atoms with Gasteiger partial charge in [-0.05, 0) is 31.0 Å². The quantitative estimate of drug-likeness (QED) is 0.675. The van der Waals surface area contributed by atoms with Crippen molar-refractivity contribution < 1.29 is 9.53 Å². The van der Waals surface area contributed by atoms with Gasteiger partial charge in [0.2, 0.25) is 0 Å². The fraction of sp³-hybridized carbons (Fsp3) is 0.316. The highest BCUT2D eigenvalue weighted by molar-refractivity contribution is 7.18. The summed E-state index contributed by atoms with van der Waals surface area (Å²) in [4.78, 5) is 25.0. The molecule has 3 aromatic rings. The van der Waals surface area contributed by atoms with Gasteiger partial charge in [0.05, 0.1) is 11.1 Å². The predicted octanol–water partition coefficient (Wildman–Crippen LogP) is 3.48. The molecule has 0 atom stereocenters. The molecule has 1 aliphatic rings. The lowest BCUT2D eigenvalue weighted by Gasteiger charge is -2.29. The Balaban J connectivity index is 1.40. The number of carbonyl (C=O) groups excluding carboxylic acids is 1. The van der Waals surface area contributed by atoms with Gasteiger partial charge < -0.3 is 15.0 Å². The van der Waals surface area contributed by atoms with Crippen LogP contribution in [0.1, 0.15) is 18.2 Å². The van der Waals surface area contributed by atoms with Gasteiger partial charge in [-0.1, -0.05) is 19.1 Å². The molecule has 3 heterocycles. The highest BCUT2D eigenvalue weighted by atomic mass is 32.1. The zero-order valence-corrected chi connectivity index (χ0v) is 15.4. The monoisotopic (exact) mass is 368 g/mol. The van der Waals surface area contributed by atoms with E-state index in [1.54, 1.807) is 22.6 Å². The van der Waals surface area contributed by atoms with Crippen molar-refractivity contribution in [2.45, 2.75) is 19.8 Å². The molecule has 134 valence electrons. The maximum absolute atomic E-state index is 12.2. The number of benzene rings is 1. The number of hydrogen-bond donors (Lipinski definition) is 1. The molecule has 1 amide bonds. The zero-order chi connectivity index (χ0) is 17.9. The van der Waals surface area contributed by atoms with E-state index < -0.39 is 0 Å². The molecule has 6 nitrogen and oxygen atoms in total. The molecule has 2 aromatic heterocycles. The second kappa shape index (κ2) is 7.29. The van der Waals surface area contributed by atoms with Crippen molar-refractivity contribution in [3.05, 3.63) is 41.5 Å². The van der Waals surface area contributed by atoms with E-state index in [-0.39, 0.29) is 12.5 Å². The maximum atomic E-state index is 12.2. The third-order valence-corrected chi connectivity index (χ3v) is 5.58. The van der Waals surface area contributed by atoms with Gasteiger partial charge in [0.15, 0.2) is 6.61 Å². The number of carbonyl (C=O) groups is 1. The van der Waals surface area contributed by atoms with Gasteiger partial charge in [0, 0.05) is 18.0 Å². The Labute approximate surface area is 155 Å². The summed E-state index contributed by atoms with van der Waals surface area (Å²) in [6.45, 7) is 3.62. The van der Waals surface area contributed by atoms with Crippen LogP contribution >= 0.6 is 11.3 Å². The highest BCUT2D eigenvalue weighted by Gasteiger charge is 2.24. The molecule has 0 saturated carbocycles. The third-order valence-electron chi connectivity index (χ3n) is 4.39. The second-order valence-electron chi connectivity index (χ2n) is 6.09. The number of ether oxygens (including phenoxy) is 1. The molecule has 4 rings (SSSR count). The number of rotatable bonds is 6. The molecule has 1 aromatic carbocycles. The van der Waals surface area contributed by atoms with E-state index in [4.69, 9.17) is 4.74 Å². The number of aryl methyl sites for hydroxylation is 1. The Kier molecular flexibility index (Phi) is 4.71. The van der Waals surface area contributed by atoms with Crippen LogP contribution in [0.5, 0.6) is 5.75 Å². The summed E-state index contributed by atoms with van der Waals surface area (Å²) in [6.07, 6.45) is 3.41. The minimum absolute atomic E-state index is 0.00134. The van der Waals surface area contributed by atoms with Gasteiger partial charge in [0.25, 0.3) is 5.91 Å². The van der Waals surface area contributed by atoms with E-state index in [0.29, 0.717) is 6.54 Å². The van der Waals surface area contributed by atoms with Gasteiger partial charge in [0.1, 0.15) is 22.7 Å². The first-order chi connectivity index (χ1) is 12.8. The SMILES string of the molecule is CCc1cc2c(NCCCN3C(=O)COc4ccccc43)ncnc2s1. The molecule has 0 spiro atoms. The Morgan fingerprint density at radius 2 is 2.19 bits per heavy atom. The molecular weight excluding hydrogens is 348 g/mol. The fourth-order valence-electron chi connectivity index (χ4n) is 3.06. The van der Waals surface area contributed by atoms with Crippen LogP contribution in [-0.2, 0) is 11.2 Å². The van der Waals surface area contributed by atoms with Gasteiger partial charge in [-0.3, -0.25) is 4.79 Å². The summed E-state index contributed by atoms with van der Waals surface area (Å²) in [5.41, 5.74) is 0.846. The summed E-state index contributed by atoms with van der Waals surface area (Å²) in [7, 11) is 0. The first-order valence-electron chi connectivity index (χ1n) is 8.75. The van der Waals surface area contributed by atoms with Crippen molar-refractivity contribution in [1.82, 2.24) is 9.97 Å². The van der Waals surface area contributed by atoms with E-state index in [2.05, 4.69) is 28.3 Å². The molecule has 0 radical (unpaired) electrons. The van der Waals surface area contributed by atoms with Crippen LogP contribution in [-0.4, -0.2) is 35.6 Å². The Morgan fingerprint density at radius 3 is 3.08 bits per heavy atom. The summed E-state index contributed by atoms with van der Waals surface area (Å²) in [5, 5.41) is 4.46. The molecule has 26 heavy (non-hydrogen) atoms. The molecule has 0 bridgehead atoms. The molecule has 1 aliphatic heterocycles.